The third-order valence-electron chi connectivity index (χ3n) is 2.17. The molecule has 0 aromatic heterocycles. The van der Waals surface area contributed by atoms with Crippen molar-refractivity contribution in [1.82, 2.24) is 4.90 Å². The number of hydrogen-bond acceptors (Lipinski definition) is 2. The van der Waals surface area contributed by atoms with Gasteiger partial charge < -0.3 is 15.3 Å². The molecule has 0 aliphatic heterocycles. The van der Waals surface area contributed by atoms with Crippen molar-refractivity contribution in [1.29, 1.82) is 0 Å². The number of nitrogens with one attached hydrogen (secondary N) is 1. The minimum absolute atomic E-state index is 0.0581. The van der Waals surface area contributed by atoms with Crippen molar-refractivity contribution in [2.45, 2.75) is 6.92 Å². The van der Waals surface area contributed by atoms with E-state index in [0.29, 0.717) is 0 Å². The van der Waals surface area contributed by atoms with E-state index in [2.05, 4.69) is 5.32 Å². The summed E-state index contributed by atoms with van der Waals surface area (Å²) in [5.41, 5.74) is 0.0581. The first-order valence-electron chi connectivity index (χ1n) is 5.16. The summed E-state index contributed by atoms with van der Waals surface area (Å²) in [5, 5.41) is 10.9. The number of halogens is 2. The molecule has 0 bridgehead atoms. The van der Waals surface area contributed by atoms with Gasteiger partial charge in [0, 0.05) is 18.3 Å². The Morgan fingerprint density at radius 1 is 1.33 bits per heavy atom. The minimum Gasteiger partial charge on any atom is -0.480 e. The van der Waals surface area contributed by atoms with Gasteiger partial charge in [-0.1, -0.05) is 0 Å². The number of amides is 2. The Labute approximate surface area is 102 Å². The van der Waals surface area contributed by atoms with Crippen LogP contribution in [0.2, 0.25) is 0 Å². The molecular formula is C11H12F2N2O3. The lowest BCUT2D eigenvalue weighted by molar-refractivity contribution is -0.137. The summed E-state index contributed by atoms with van der Waals surface area (Å²) in [4.78, 5) is 23.1. The van der Waals surface area contributed by atoms with Crippen LogP contribution in [0.15, 0.2) is 18.2 Å². The predicted octanol–water partition coefficient (Wildman–Crippen LogP) is 1.90. The molecule has 0 saturated heterocycles. The Balaban J connectivity index is 2.73. The van der Waals surface area contributed by atoms with Crippen molar-refractivity contribution in [3.05, 3.63) is 29.8 Å². The highest BCUT2D eigenvalue weighted by Crippen LogP contribution is 2.13. The fraction of sp³-hybridized carbons (Fsp3) is 0.273. The third-order valence-corrected chi connectivity index (χ3v) is 2.17. The van der Waals surface area contributed by atoms with Gasteiger partial charge in [-0.05, 0) is 19.1 Å². The van der Waals surface area contributed by atoms with Crippen LogP contribution in [0.4, 0.5) is 19.3 Å². The highest BCUT2D eigenvalue weighted by atomic mass is 19.2. The fourth-order valence-electron chi connectivity index (χ4n) is 1.27. The van der Waals surface area contributed by atoms with Crippen LogP contribution < -0.4 is 5.32 Å². The number of carbonyl (C=O) groups excluding carboxylic acids is 1. The smallest absolute Gasteiger partial charge is 0.323 e. The second kappa shape index (κ2) is 5.95. The molecule has 7 heteroatoms. The molecule has 0 atom stereocenters. The maximum absolute atomic E-state index is 12.9. The maximum Gasteiger partial charge on any atom is 0.323 e. The molecule has 0 fully saturated rings. The topological polar surface area (TPSA) is 69.6 Å². The first kappa shape index (κ1) is 13.9. The number of carboxylic acids is 1. The Morgan fingerprint density at radius 2 is 2.00 bits per heavy atom. The van der Waals surface area contributed by atoms with Crippen LogP contribution in [-0.2, 0) is 4.79 Å². The Hall–Kier alpha value is -2.18. The van der Waals surface area contributed by atoms with Crippen LogP contribution in [0.25, 0.3) is 0 Å². The van der Waals surface area contributed by atoms with E-state index in [-0.39, 0.29) is 12.2 Å². The van der Waals surface area contributed by atoms with Gasteiger partial charge in [0.15, 0.2) is 11.6 Å². The van der Waals surface area contributed by atoms with E-state index in [1.54, 1.807) is 6.92 Å². The zero-order valence-corrected chi connectivity index (χ0v) is 9.61. The number of likely N-dealkylation sites (N-methyl/N-ethyl adjacent to an activating group) is 1. The van der Waals surface area contributed by atoms with E-state index in [4.69, 9.17) is 5.11 Å². The molecule has 2 N–H and O–H groups in total. The van der Waals surface area contributed by atoms with Crippen LogP contribution in [0.5, 0.6) is 0 Å². The number of hydrogen-bond donors (Lipinski definition) is 2. The van der Waals surface area contributed by atoms with Crippen LogP contribution in [-0.4, -0.2) is 35.1 Å². The van der Waals surface area contributed by atoms with Gasteiger partial charge in [-0.2, -0.15) is 0 Å². The van der Waals surface area contributed by atoms with Crippen LogP contribution in [0, 0.1) is 11.6 Å². The molecular weight excluding hydrogens is 246 g/mol. The molecule has 0 spiro atoms. The van der Waals surface area contributed by atoms with Gasteiger partial charge in [0.05, 0.1) is 0 Å². The fourth-order valence-corrected chi connectivity index (χ4v) is 1.27. The second-order valence-corrected chi connectivity index (χ2v) is 3.47. The quantitative estimate of drug-likeness (QED) is 0.866. The summed E-state index contributed by atoms with van der Waals surface area (Å²) in [6, 6.07) is 2.19. The largest absolute Gasteiger partial charge is 0.480 e. The van der Waals surface area contributed by atoms with Gasteiger partial charge in [0.25, 0.3) is 0 Å². The highest BCUT2D eigenvalue weighted by Gasteiger charge is 2.15. The van der Waals surface area contributed by atoms with Crippen molar-refractivity contribution in [2.75, 3.05) is 18.4 Å². The number of nitrogens with zero attached hydrogens (tertiary/aromatic N) is 1. The summed E-state index contributed by atoms with van der Waals surface area (Å²) >= 11 is 0. The van der Waals surface area contributed by atoms with E-state index in [1.807, 2.05) is 0 Å². The molecule has 0 unspecified atom stereocenters. The number of carbonyl (C=O) groups is 2. The summed E-state index contributed by atoms with van der Waals surface area (Å²) in [5.74, 6) is -3.27. The van der Waals surface area contributed by atoms with Crippen molar-refractivity contribution < 1.29 is 23.5 Å². The van der Waals surface area contributed by atoms with Crippen molar-refractivity contribution >= 4 is 17.7 Å². The Bertz CT molecular complexity index is 466. The Morgan fingerprint density at radius 3 is 2.50 bits per heavy atom. The highest BCUT2D eigenvalue weighted by molar-refractivity contribution is 5.91. The van der Waals surface area contributed by atoms with E-state index >= 15 is 0 Å². The number of aliphatic carboxylic acids is 1. The molecule has 98 valence electrons. The first-order chi connectivity index (χ1) is 8.43. The molecule has 18 heavy (non-hydrogen) atoms. The van der Waals surface area contributed by atoms with Gasteiger partial charge in [-0.3, -0.25) is 4.79 Å². The summed E-state index contributed by atoms with van der Waals surface area (Å²) in [6.45, 7) is 1.32. The number of urea groups is 1. The normalized spacial score (nSPS) is 9.94. The van der Waals surface area contributed by atoms with E-state index in [1.165, 1.54) is 6.07 Å². The lowest BCUT2D eigenvalue weighted by Gasteiger charge is -2.19. The standard InChI is InChI=1S/C11H12F2N2O3/c1-2-15(6-10(16)17)11(18)14-7-3-4-8(12)9(13)5-7/h3-5H,2,6H2,1H3,(H,14,18)(H,16,17). The van der Waals surface area contributed by atoms with Crippen molar-refractivity contribution in [2.24, 2.45) is 0 Å². The zero-order chi connectivity index (χ0) is 13.7. The average molecular weight is 258 g/mol. The molecule has 1 aromatic rings. The second-order valence-electron chi connectivity index (χ2n) is 3.47. The zero-order valence-electron chi connectivity index (χ0n) is 9.61. The Kier molecular flexibility index (Phi) is 4.59. The molecule has 0 aliphatic carbocycles. The number of anilines is 1. The lowest BCUT2D eigenvalue weighted by atomic mass is 10.3. The molecule has 0 radical (unpaired) electrons. The first-order valence-corrected chi connectivity index (χ1v) is 5.16. The summed E-state index contributed by atoms with van der Waals surface area (Å²) in [7, 11) is 0. The summed E-state index contributed by atoms with van der Waals surface area (Å²) < 4.78 is 25.5. The average Bonchev–Trinajstić information content (AvgIpc) is 2.30. The molecule has 0 aliphatic rings. The summed E-state index contributed by atoms with van der Waals surface area (Å²) in [6.07, 6.45) is 0. The van der Waals surface area contributed by atoms with E-state index < -0.39 is 30.2 Å². The van der Waals surface area contributed by atoms with Gasteiger partial charge in [-0.25, -0.2) is 13.6 Å². The van der Waals surface area contributed by atoms with E-state index in [9.17, 15) is 18.4 Å². The minimum atomic E-state index is -1.16. The van der Waals surface area contributed by atoms with Gasteiger partial charge in [0.2, 0.25) is 0 Å². The molecule has 2 amide bonds. The van der Waals surface area contributed by atoms with Gasteiger partial charge in [0.1, 0.15) is 6.54 Å². The van der Waals surface area contributed by atoms with Crippen LogP contribution in [0.3, 0.4) is 0 Å². The molecule has 0 heterocycles. The predicted molar refractivity (Wildman–Crippen MR) is 60.3 cm³/mol. The van der Waals surface area contributed by atoms with Crippen molar-refractivity contribution in [3.63, 3.8) is 0 Å². The van der Waals surface area contributed by atoms with Gasteiger partial charge >= 0.3 is 12.0 Å². The molecule has 0 saturated carbocycles. The lowest BCUT2D eigenvalue weighted by Crippen LogP contribution is -2.38. The molecule has 5 nitrogen and oxygen atoms in total. The molecule has 1 aromatic carbocycles. The SMILES string of the molecule is CCN(CC(=O)O)C(=O)Nc1ccc(F)c(F)c1. The van der Waals surface area contributed by atoms with Gasteiger partial charge in [-0.15, -0.1) is 0 Å². The van der Waals surface area contributed by atoms with Crippen LogP contribution >= 0.6 is 0 Å². The number of rotatable bonds is 4. The van der Waals surface area contributed by atoms with Crippen LogP contribution in [0.1, 0.15) is 6.92 Å². The third kappa shape index (κ3) is 3.69. The number of carboxylic acid groups (broad SMARTS) is 1. The monoisotopic (exact) mass is 258 g/mol. The van der Waals surface area contributed by atoms with E-state index in [0.717, 1.165) is 17.0 Å². The maximum atomic E-state index is 12.9. The number of benzene rings is 1. The molecule has 1 rings (SSSR count). The van der Waals surface area contributed by atoms with Crippen molar-refractivity contribution in [3.8, 4) is 0 Å².